The zero-order valence-corrected chi connectivity index (χ0v) is 15.8. The number of para-hydroxylation sites is 1. The maximum Gasteiger partial charge on any atom is 0.134 e. The topological polar surface area (TPSA) is 44.7 Å². The fourth-order valence-corrected chi connectivity index (χ4v) is 4.73. The highest BCUT2D eigenvalue weighted by Crippen LogP contribution is 2.42. The van der Waals surface area contributed by atoms with Gasteiger partial charge in [-0.1, -0.05) is 18.2 Å². The molecule has 3 aliphatic rings. The molecule has 1 aromatic heterocycles. The molecule has 27 heavy (non-hydrogen) atoms. The number of morpholine rings is 1. The number of anilines is 3. The van der Waals surface area contributed by atoms with E-state index in [1.807, 2.05) is 0 Å². The van der Waals surface area contributed by atoms with Gasteiger partial charge in [0.1, 0.15) is 18.0 Å². The number of aromatic nitrogens is 2. The van der Waals surface area contributed by atoms with E-state index in [2.05, 4.69) is 61.1 Å². The minimum atomic E-state index is 0.401. The van der Waals surface area contributed by atoms with Gasteiger partial charge in [0.15, 0.2) is 0 Å². The van der Waals surface area contributed by atoms with Crippen LogP contribution in [0.1, 0.15) is 12.8 Å². The van der Waals surface area contributed by atoms with Crippen LogP contribution in [-0.2, 0) is 4.74 Å². The second kappa shape index (κ2) is 7.00. The number of rotatable bonds is 3. The fourth-order valence-electron chi connectivity index (χ4n) is 4.73. The SMILES string of the molecule is c1ccc(N2CCCC3(C2)CN(c2cc(N4CCOCC4)ncn2)C3)cc1. The first kappa shape index (κ1) is 16.8. The summed E-state index contributed by atoms with van der Waals surface area (Å²) >= 11 is 0. The Hall–Kier alpha value is -2.34. The van der Waals surface area contributed by atoms with E-state index in [4.69, 9.17) is 4.74 Å². The molecule has 6 heteroatoms. The second-order valence-electron chi connectivity index (χ2n) is 8.05. The predicted molar refractivity (Wildman–Crippen MR) is 108 cm³/mol. The highest BCUT2D eigenvalue weighted by atomic mass is 16.5. The van der Waals surface area contributed by atoms with Crippen LogP contribution in [-0.4, -0.2) is 62.5 Å². The van der Waals surface area contributed by atoms with Crippen LogP contribution in [0.3, 0.4) is 0 Å². The highest BCUT2D eigenvalue weighted by Gasteiger charge is 2.46. The molecule has 0 amide bonds. The van der Waals surface area contributed by atoms with Crippen molar-refractivity contribution in [1.82, 2.24) is 9.97 Å². The molecule has 3 saturated heterocycles. The first-order valence-corrected chi connectivity index (χ1v) is 10.0. The molecule has 0 aliphatic carbocycles. The number of hydrogen-bond acceptors (Lipinski definition) is 6. The maximum atomic E-state index is 5.45. The van der Waals surface area contributed by atoms with Gasteiger partial charge in [0, 0.05) is 56.4 Å². The molecule has 0 saturated carbocycles. The van der Waals surface area contributed by atoms with Crippen LogP contribution in [0.15, 0.2) is 42.7 Å². The van der Waals surface area contributed by atoms with Crippen LogP contribution < -0.4 is 14.7 Å². The van der Waals surface area contributed by atoms with Crippen LogP contribution in [0.5, 0.6) is 0 Å². The summed E-state index contributed by atoms with van der Waals surface area (Å²) in [5, 5.41) is 0. The van der Waals surface area contributed by atoms with E-state index >= 15 is 0 Å². The summed E-state index contributed by atoms with van der Waals surface area (Å²) in [4.78, 5) is 16.3. The smallest absolute Gasteiger partial charge is 0.134 e. The van der Waals surface area contributed by atoms with E-state index in [9.17, 15) is 0 Å². The van der Waals surface area contributed by atoms with Gasteiger partial charge in [0.2, 0.25) is 0 Å². The lowest BCUT2D eigenvalue weighted by Crippen LogP contribution is -2.63. The van der Waals surface area contributed by atoms with Crippen molar-refractivity contribution in [3.05, 3.63) is 42.7 Å². The first-order valence-electron chi connectivity index (χ1n) is 10.0. The molecule has 142 valence electrons. The molecule has 1 aromatic carbocycles. The van der Waals surface area contributed by atoms with Crippen LogP contribution in [0.4, 0.5) is 17.3 Å². The Labute approximate surface area is 160 Å². The van der Waals surface area contributed by atoms with Crippen molar-refractivity contribution in [3.63, 3.8) is 0 Å². The van der Waals surface area contributed by atoms with Crippen molar-refractivity contribution >= 4 is 17.3 Å². The Morgan fingerprint density at radius 2 is 1.52 bits per heavy atom. The molecule has 4 heterocycles. The van der Waals surface area contributed by atoms with E-state index < -0.39 is 0 Å². The first-order chi connectivity index (χ1) is 13.3. The second-order valence-corrected chi connectivity index (χ2v) is 8.05. The van der Waals surface area contributed by atoms with Crippen molar-refractivity contribution in [2.24, 2.45) is 5.41 Å². The molecule has 0 unspecified atom stereocenters. The Balaban J connectivity index is 1.26. The highest BCUT2D eigenvalue weighted by molar-refractivity contribution is 5.54. The summed E-state index contributed by atoms with van der Waals surface area (Å²) in [7, 11) is 0. The third-order valence-corrected chi connectivity index (χ3v) is 6.13. The van der Waals surface area contributed by atoms with Crippen LogP contribution >= 0.6 is 0 Å². The fraction of sp³-hybridized carbons (Fsp3) is 0.524. The molecular formula is C21H27N5O. The molecule has 0 N–H and O–H groups in total. The van der Waals surface area contributed by atoms with Gasteiger partial charge in [-0.15, -0.1) is 0 Å². The molecule has 5 rings (SSSR count). The van der Waals surface area contributed by atoms with Gasteiger partial charge >= 0.3 is 0 Å². The monoisotopic (exact) mass is 365 g/mol. The van der Waals surface area contributed by atoms with Crippen LogP contribution in [0, 0.1) is 5.41 Å². The average molecular weight is 365 g/mol. The minimum absolute atomic E-state index is 0.401. The van der Waals surface area contributed by atoms with Gasteiger partial charge in [-0.25, -0.2) is 9.97 Å². The summed E-state index contributed by atoms with van der Waals surface area (Å²) in [6, 6.07) is 13.0. The Morgan fingerprint density at radius 1 is 0.815 bits per heavy atom. The van der Waals surface area contributed by atoms with Crippen molar-refractivity contribution < 1.29 is 4.74 Å². The third-order valence-electron chi connectivity index (χ3n) is 6.13. The Morgan fingerprint density at radius 3 is 2.30 bits per heavy atom. The predicted octanol–water partition coefficient (Wildman–Crippen LogP) is 2.42. The van der Waals surface area contributed by atoms with Crippen molar-refractivity contribution in [2.45, 2.75) is 12.8 Å². The van der Waals surface area contributed by atoms with Gasteiger partial charge in [-0.2, -0.15) is 0 Å². The number of piperidine rings is 1. The molecule has 6 nitrogen and oxygen atoms in total. The molecular weight excluding hydrogens is 338 g/mol. The Kier molecular flexibility index (Phi) is 4.36. The van der Waals surface area contributed by atoms with E-state index in [-0.39, 0.29) is 0 Å². The van der Waals surface area contributed by atoms with Gasteiger partial charge in [-0.05, 0) is 25.0 Å². The average Bonchev–Trinajstić information content (AvgIpc) is 2.73. The molecule has 1 spiro atoms. The zero-order valence-electron chi connectivity index (χ0n) is 15.8. The molecule has 0 radical (unpaired) electrons. The van der Waals surface area contributed by atoms with Crippen LogP contribution in [0.2, 0.25) is 0 Å². The Bertz CT molecular complexity index is 771. The molecule has 0 atom stereocenters. The maximum absolute atomic E-state index is 5.45. The molecule has 3 fully saturated rings. The van der Waals surface area contributed by atoms with Crippen molar-refractivity contribution in [1.29, 1.82) is 0 Å². The van der Waals surface area contributed by atoms with Gasteiger partial charge in [0.05, 0.1) is 13.2 Å². The molecule has 2 aromatic rings. The quantitative estimate of drug-likeness (QED) is 0.832. The number of hydrogen-bond donors (Lipinski definition) is 0. The minimum Gasteiger partial charge on any atom is -0.378 e. The van der Waals surface area contributed by atoms with Gasteiger partial charge in [0.25, 0.3) is 0 Å². The van der Waals surface area contributed by atoms with Gasteiger partial charge < -0.3 is 19.4 Å². The van der Waals surface area contributed by atoms with Crippen LogP contribution in [0.25, 0.3) is 0 Å². The molecule has 0 bridgehead atoms. The van der Waals surface area contributed by atoms with Gasteiger partial charge in [-0.3, -0.25) is 0 Å². The lowest BCUT2D eigenvalue weighted by molar-refractivity contribution is 0.122. The summed E-state index contributed by atoms with van der Waals surface area (Å²) in [5.74, 6) is 2.09. The third kappa shape index (κ3) is 3.34. The number of ether oxygens (including phenoxy) is 1. The summed E-state index contributed by atoms with van der Waals surface area (Å²) < 4.78 is 5.45. The normalized spacial score (nSPS) is 22.0. The number of nitrogens with zero attached hydrogens (tertiary/aromatic N) is 5. The van der Waals surface area contributed by atoms with Crippen molar-refractivity contribution in [2.75, 3.05) is 67.2 Å². The number of benzene rings is 1. The van der Waals surface area contributed by atoms with E-state index in [0.717, 1.165) is 57.6 Å². The largest absolute Gasteiger partial charge is 0.378 e. The van der Waals surface area contributed by atoms with Crippen molar-refractivity contribution in [3.8, 4) is 0 Å². The zero-order chi connectivity index (χ0) is 18.1. The van der Waals surface area contributed by atoms with E-state index in [0.29, 0.717) is 5.41 Å². The summed E-state index contributed by atoms with van der Waals surface area (Å²) in [5.41, 5.74) is 1.75. The lowest BCUT2D eigenvalue weighted by atomic mass is 9.73. The summed E-state index contributed by atoms with van der Waals surface area (Å²) in [6.07, 6.45) is 4.29. The molecule has 3 aliphatic heterocycles. The lowest BCUT2D eigenvalue weighted by Gasteiger charge is -2.55. The van der Waals surface area contributed by atoms with E-state index in [1.54, 1.807) is 6.33 Å². The standard InChI is InChI=1S/C21H27N5O/c1-2-5-18(6-3-1)25-8-4-7-21(14-25)15-26(16-21)20-13-19(22-17-23-20)24-9-11-27-12-10-24/h1-3,5-6,13,17H,4,7-12,14-16H2. The summed E-state index contributed by atoms with van der Waals surface area (Å²) in [6.45, 7) is 7.88. The van der Waals surface area contributed by atoms with E-state index in [1.165, 1.54) is 25.1 Å².